The van der Waals surface area contributed by atoms with E-state index < -0.39 is 30.2 Å². The summed E-state index contributed by atoms with van der Waals surface area (Å²) in [6, 6.07) is 6.50. The van der Waals surface area contributed by atoms with Crippen molar-refractivity contribution in [2.24, 2.45) is 11.5 Å². The number of halogens is 6. The minimum Gasteiger partial charge on any atom is -0.475 e. The quantitative estimate of drug-likeness (QED) is 0.290. The standard InChI is InChI=1S/C8H9N3O.2C2HF3O2/c9-7(10)5-3-1-2-4-6(5)8(11)12;2*3-2(4,5)1(6)7/h1-4H,(H3,9,10)(H2,11,12);2*(H,6,7). The lowest BCUT2D eigenvalue weighted by molar-refractivity contribution is -0.193. The predicted molar refractivity (Wildman–Crippen MR) is 73.4 cm³/mol. The molecule has 0 unspecified atom stereocenters. The van der Waals surface area contributed by atoms with E-state index in [2.05, 4.69) is 0 Å². The Bertz CT molecular complexity index is 615. The number of nitrogens with two attached hydrogens (primary N) is 2. The maximum absolute atomic E-state index is 10.8. The number of amides is 1. The molecule has 0 fully saturated rings. The normalized spacial score (nSPS) is 10.4. The summed E-state index contributed by atoms with van der Waals surface area (Å²) in [7, 11) is 0. The molecule has 146 valence electrons. The smallest absolute Gasteiger partial charge is 0.475 e. The lowest BCUT2D eigenvalue weighted by atomic mass is 10.1. The van der Waals surface area contributed by atoms with Crippen LogP contribution in [0.3, 0.4) is 0 Å². The van der Waals surface area contributed by atoms with Gasteiger partial charge >= 0.3 is 24.3 Å². The first-order valence-electron chi connectivity index (χ1n) is 5.85. The van der Waals surface area contributed by atoms with Crippen LogP contribution in [0.2, 0.25) is 0 Å². The van der Waals surface area contributed by atoms with Crippen LogP contribution < -0.4 is 11.5 Å². The molecular formula is C12H11F6N3O5. The SMILES string of the molecule is N=C(N)c1ccccc1C(N)=O.O=C(O)C(F)(F)F.O=C(O)C(F)(F)F. The van der Waals surface area contributed by atoms with Crippen molar-refractivity contribution in [2.45, 2.75) is 12.4 Å². The van der Waals surface area contributed by atoms with Gasteiger partial charge in [-0.2, -0.15) is 26.3 Å². The molecule has 0 aliphatic heterocycles. The van der Waals surface area contributed by atoms with E-state index in [9.17, 15) is 31.1 Å². The molecule has 8 nitrogen and oxygen atoms in total. The number of nitrogen functional groups attached to an aromatic ring is 1. The number of carbonyl (C=O) groups excluding carboxylic acids is 1. The Kier molecular flexibility index (Phi) is 9.44. The number of carboxylic acid groups (broad SMARTS) is 2. The van der Waals surface area contributed by atoms with Crippen LogP contribution in [-0.2, 0) is 9.59 Å². The van der Waals surface area contributed by atoms with Gasteiger partial charge < -0.3 is 21.7 Å². The number of amidine groups is 1. The molecule has 0 bridgehead atoms. The van der Waals surface area contributed by atoms with Gasteiger partial charge in [0.25, 0.3) is 0 Å². The molecule has 0 saturated heterocycles. The lowest BCUT2D eigenvalue weighted by Gasteiger charge is -2.02. The first-order chi connectivity index (χ1) is 11.5. The number of rotatable bonds is 2. The molecule has 0 heterocycles. The molecule has 0 atom stereocenters. The molecule has 1 aromatic rings. The van der Waals surface area contributed by atoms with Crippen LogP contribution in [0.4, 0.5) is 26.3 Å². The summed E-state index contributed by atoms with van der Waals surface area (Å²) in [5.74, 6) is -6.23. The molecule has 0 spiro atoms. The van der Waals surface area contributed by atoms with E-state index in [1.54, 1.807) is 24.3 Å². The summed E-state index contributed by atoms with van der Waals surface area (Å²) in [5, 5.41) is 21.4. The number of alkyl halides is 6. The molecular weight excluding hydrogens is 380 g/mol. The van der Waals surface area contributed by atoms with Gasteiger partial charge in [0.05, 0.1) is 0 Å². The van der Waals surface area contributed by atoms with Crippen molar-refractivity contribution in [3.05, 3.63) is 35.4 Å². The average Bonchev–Trinajstić information content (AvgIpc) is 2.46. The van der Waals surface area contributed by atoms with Crippen LogP contribution in [0.1, 0.15) is 15.9 Å². The fraction of sp³-hybridized carbons (Fsp3) is 0.167. The van der Waals surface area contributed by atoms with Crippen molar-refractivity contribution in [1.29, 1.82) is 5.41 Å². The van der Waals surface area contributed by atoms with Crippen LogP contribution in [0.25, 0.3) is 0 Å². The molecule has 0 aliphatic rings. The predicted octanol–water partition coefficient (Wildman–Crippen LogP) is 1.34. The van der Waals surface area contributed by atoms with Gasteiger partial charge in [0, 0.05) is 11.1 Å². The molecule has 0 saturated carbocycles. The van der Waals surface area contributed by atoms with E-state index in [1.165, 1.54) is 0 Å². The minimum absolute atomic E-state index is 0.149. The number of carbonyl (C=O) groups is 3. The van der Waals surface area contributed by atoms with E-state index in [0.717, 1.165) is 0 Å². The van der Waals surface area contributed by atoms with Gasteiger partial charge in [0.15, 0.2) is 0 Å². The van der Waals surface area contributed by atoms with Crippen LogP contribution in [0.15, 0.2) is 24.3 Å². The second-order valence-electron chi connectivity index (χ2n) is 3.93. The highest BCUT2D eigenvalue weighted by Gasteiger charge is 2.38. The first-order valence-corrected chi connectivity index (χ1v) is 5.85. The van der Waals surface area contributed by atoms with Crippen LogP contribution in [-0.4, -0.2) is 46.2 Å². The third-order valence-corrected chi connectivity index (χ3v) is 1.97. The average molecular weight is 391 g/mol. The molecule has 0 aromatic heterocycles. The maximum atomic E-state index is 10.8. The number of primary amides is 1. The Hall–Kier alpha value is -3.32. The molecule has 1 rings (SSSR count). The molecule has 1 amide bonds. The highest BCUT2D eigenvalue weighted by atomic mass is 19.4. The molecule has 7 N–H and O–H groups in total. The summed E-state index contributed by atoms with van der Waals surface area (Å²) >= 11 is 0. The van der Waals surface area contributed by atoms with E-state index in [4.69, 9.17) is 36.7 Å². The Morgan fingerprint density at radius 2 is 1.08 bits per heavy atom. The van der Waals surface area contributed by atoms with Gasteiger partial charge in [0.2, 0.25) is 5.91 Å². The van der Waals surface area contributed by atoms with Crippen molar-refractivity contribution in [3.8, 4) is 0 Å². The van der Waals surface area contributed by atoms with Gasteiger partial charge in [-0.05, 0) is 6.07 Å². The van der Waals surface area contributed by atoms with Gasteiger partial charge in [-0.3, -0.25) is 10.2 Å². The second kappa shape index (κ2) is 9.85. The van der Waals surface area contributed by atoms with Crippen LogP contribution in [0, 0.1) is 5.41 Å². The number of nitrogens with one attached hydrogen (secondary N) is 1. The number of hydrogen-bond acceptors (Lipinski definition) is 4. The molecule has 0 aliphatic carbocycles. The molecule has 1 aromatic carbocycles. The minimum atomic E-state index is -5.08. The number of benzene rings is 1. The van der Waals surface area contributed by atoms with Gasteiger partial charge in [-0.15, -0.1) is 0 Å². The monoisotopic (exact) mass is 391 g/mol. The lowest BCUT2D eigenvalue weighted by Crippen LogP contribution is -2.21. The van der Waals surface area contributed by atoms with Crippen LogP contribution in [0.5, 0.6) is 0 Å². The van der Waals surface area contributed by atoms with Crippen molar-refractivity contribution < 1.29 is 50.9 Å². The Morgan fingerprint density at radius 1 is 0.808 bits per heavy atom. The van der Waals surface area contributed by atoms with Gasteiger partial charge in [-0.1, -0.05) is 18.2 Å². The second-order valence-corrected chi connectivity index (χ2v) is 3.93. The van der Waals surface area contributed by atoms with Crippen molar-refractivity contribution in [2.75, 3.05) is 0 Å². The molecule has 0 radical (unpaired) electrons. The van der Waals surface area contributed by atoms with Gasteiger partial charge in [-0.25, -0.2) is 9.59 Å². The summed E-state index contributed by atoms with van der Waals surface area (Å²) in [6.07, 6.45) is -10.2. The molecule has 14 heteroatoms. The summed E-state index contributed by atoms with van der Waals surface area (Å²) < 4.78 is 63.5. The Balaban J connectivity index is 0. The van der Waals surface area contributed by atoms with E-state index in [1.807, 2.05) is 0 Å². The zero-order chi connectivity index (χ0) is 21.3. The summed E-state index contributed by atoms with van der Waals surface area (Å²) in [5.41, 5.74) is 11.0. The third-order valence-electron chi connectivity index (χ3n) is 1.97. The summed E-state index contributed by atoms with van der Waals surface area (Å²) in [4.78, 5) is 28.6. The Labute approximate surface area is 140 Å². The fourth-order valence-corrected chi connectivity index (χ4v) is 0.933. The fourth-order valence-electron chi connectivity index (χ4n) is 0.933. The van der Waals surface area contributed by atoms with Crippen molar-refractivity contribution >= 4 is 23.7 Å². The highest BCUT2D eigenvalue weighted by Crippen LogP contribution is 2.13. The molecule has 26 heavy (non-hydrogen) atoms. The van der Waals surface area contributed by atoms with Crippen LogP contribution >= 0.6 is 0 Å². The number of aliphatic carboxylic acids is 2. The third kappa shape index (κ3) is 10.5. The van der Waals surface area contributed by atoms with Crippen molar-refractivity contribution in [3.63, 3.8) is 0 Å². The van der Waals surface area contributed by atoms with E-state index in [0.29, 0.717) is 5.56 Å². The van der Waals surface area contributed by atoms with E-state index >= 15 is 0 Å². The number of hydrogen-bond donors (Lipinski definition) is 5. The highest BCUT2D eigenvalue weighted by molar-refractivity contribution is 6.06. The maximum Gasteiger partial charge on any atom is 0.490 e. The first kappa shape index (κ1) is 24.9. The zero-order valence-electron chi connectivity index (χ0n) is 12.4. The topological polar surface area (TPSA) is 168 Å². The Morgan fingerprint density at radius 3 is 1.23 bits per heavy atom. The van der Waals surface area contributed by atoms with Gasteiger partial charge in [0.1, 0.15) is 5.84 Å². The van der Waals surface area contributed by atoms with E-state index in [-0.39, 0.29) is 11.4 Å². The largest absolute Gasteiger partial charge is 0.490 e. The number of carboxylic acids is 2. The van der Waals surface area contributed by atoms with Crippen molar-refractivity contribution in [1.82, 2.24) is 0 Å². The summed E-state index contributed by atoms with van der Waals surface area (Å²) in [6.45, 7) is 0. The zero-order valence-corrected chi connectivity index (χ0v) is 12.4.